The number of benzene rings is 1. The summed E-state index contributed by atoms with van der Waals surface area (Å²) >= 11 is 0. The molecule has 0 radical (unpaired) electrons. The van der Waals surface area contributed by atoms with Crippen LogP contribution in [0.15, 0.2) is 28.7 Å². The van der Waals surface area contributed by atoms with Crippen LogP contribution in [0.2, 0.25) is 0 Å². The van der Waals surface area contributed by atoms with Crippen LogP contribution in [0.3, 0.4) is 0 Å². The summed E-state index contributed by atoms with van der Waals surface area (Å²) in [4.78, 5) is 23.7. The quantitative estimate of drug-likeness (QED) is 0.830. The summed E-state index contributed by atoms with van der Waals surface area (Å²) < 4.78 is 10.7. The molecule has 0 spiro atoms. The van der Waals surface area contributed by atoms with Crippen LogP contribution in [0.4, 0.5) is 0 Å². The Hall–Kier alpha value is -2.76. The molecule has 0 aliphatic heterocycles. The van der Waals surface area contributed by atoms with Gasteiger partial charge in [0.05, 0.1) is 13.1 Å². The number of carbonyl (C=O) groups excluding carboxylic acids is 2. The summed E-state index contributed by atoms with van der Waals surface area (Å²) in [7, 11) is 1.55. The molecule has 6 nitrogen and oxygen atoms in total. The van der Waals surface area contributed by atoms with Crippen molar-refractivity contribution >= 4 is 11.9 Å². The van der Waals surface area contributed by atoms with Gasteiger partial charge in [0.1, 0.15) is 17.3 Å². The number of amides is 1. The number of aromatic carboxylic acids is 1. The fourth-order valence-electron chi connectivity index (χ4n) is 2.65. The van der Waals surface area contributed by atoms with Crippen molar-refractivity contribution < 1.29 is 23.8 Å². The molecule has 0 aliphatic carbocycles. The van der Waals surface area contributed by atoms with Gasteiger partial charge < -0.3 is 24.4 Å². The molecule has 0 aliphatic rings. The van der Waals surface area contributed by atoms with Crippen molar-refractivity contribution in [2.45, 2.75) is 33.7 Å². The normalized spacial score (nSPS) is 10.8. The van der Waals surface area contributed by atoms with Gasteiger partial charge in [0.2, 0.25) is 0 Å². The van der Waals surface area contributed by atoms with Crippen molar-refractivity contribution in [1.82, 2.24) is 5.32 Å². The van der Waals surface area contributed by atoms with Crippen molar-refractivity contribution in [3.63, 3.8) is 0 Å². The van der Waals surface area contributed by atoms with Crippen LogP contribution in [0, 0.1) is 12.8 Å². The Kier molecular flexibility index (Phi) is 5.85. The summed E-state index contributed by atoms with van der Waals surface area (Å²) in [5.41, 5.74) is 0.945. The highest BCUT2D eigenvalue weighted by Crippen LogP contribution is 2.24. The first-order valence-electron chi connectivity index (χ1n) is 8.08. The average molecular weight is 344 g/mol. The van der Waals surface area contributed by atoms with E-state index in [1.165, 1.54) is 0 Å². The van der Waals surface area contributed by atoms with Gasteiger partial charge in [-0.05, 0) is 37.1 Å². The van der Waals surface area contributed by atoms with E-state index in [4.69, 9.17) is 9.15 Å². The van der Waals surface area contributed by atoms with E-state index in [0.29, 0.717) is 34.8 Å². The lowest BCUT2D eigenvalue weighted by molar-refractivity contribution is -0.255. The monoisotopic (exact) mass is 344 g/mol. The predicted molar refractivity (Wildman–Crippen MR) is 90.5 cm³/mol. The van der Waals surface area contributed by atoms with Gasteiger partial charge in [-0.1, -0.05) is 13.8 Å². The van der Waals surface area contributed by atoms with Crippen LogP contribution in [0.25, 0.3) is 0 Å². The zero-order valence-corrected chi connectivity index (χ0v) is 14.8. The SMILES string of the molecule is COc1ccc(C(=O)NCc2c(CC(C)C)oc(C)c2C(=O)[O-])cc1. The second-order valence-corrected chi connectivity index (χ2v) is 6.23. The number of hydrogen-bond acceptors (Lipinski definition) is 5. The smallest absolute Gasteiger partial charge is 0.251 e. The Morgan fingerprint density at radius 1 is 1.24 bits per heavy atom. The van der Waals surface area contributed by atoms with E-state index >= 15 is 0 Å². The van der Waals surface area contributed by atoms with Crippen molar-refractivity contribution in [2.24, 2.45) is 5.92 Å². The number of carboxylic acid groups (broad SMARTS) is 1. The molecular formula is C19H22NO5-. The number of furan rings is 1. The molecule has 1 amide bonds. The first-order valence-corrected chi connectivity index (χ1v) is 8.08. The van der Waals surface area contributed by atoms with Crippen molar-refractivity contribution in [1.29, 1.82) is 0 Å². The highest BCUT2D eigenvalue weighted by atomic mass is 16.5. The molecule has 1 N–H and O–H groups in total. The first kappa shape index (κ1) is 18.6. The molecule has 0 atom stereocenters. The fraction of sp³-hybridized carbons (Fsp3) is 0.368. The lowest BCUT2D eigenvalue weighted by Gasteiger charge is -2.10. The van der Waals surface area contributed by atoms with E-state index in [1.807, 2.05) is 13.8 Å². The second-order valence-electron chi connectivity index (χ2n) is 6.23. The van der Waals surface area contributed by atoms with Crippen LogP contribution in [0.5, 0.6) is 5.75 Å². The van der Waals surface area contributed by atoms with Crippen LogP contribution in [-0.2, 0) is 13.0 Å². The van der Waals surface area contributed by atoms with Gasteiger partial charge in [-0.2, -0.15) is 0 Å². The summed E-state index contributed by atoms with van der Waals surface area (Å²) in [5.74, 6) is 0.203. The molecule has 0 saturated carbocycles. The molecule has 0 unspecified atom stereocenters. The molecular weight excluding hydrogens is 322 g/mol. The topological polar surface area (TPSA) is 91.6 Å². The Labute approximate surface area is 146 Å². The fourth-order valence-corrected chi connectivity index (χ4v) is 2.65. The largest absolute Gasteiger partial charge is 0.545 e. The number of rotatable bonds is 7. The standard InChI is InChI=1S/C19H23NO5/c1-11(2)9-16-15(17(19(22)23)12(3)25-16)10-20-18(21)13-5-7-14(24-4)8-6-13/h5-8,11H,9-10H2,1-4H3,(H,20,21)(H,22,23)/p-1. The lowest BCUT2D eigenvalue weighted by atomic mass is 10.0. The number of aryl methyl sites for hydroxylation is 1. The van der Waals surface area contributed by atoms with E-state index in [0.717, 1.165) is 0 Å². The van der Waals surface area contributed by atoms with E-state index in [9.17, 15) is 14.7 Å². The maximum atomic E-state index is 12.3. The van der Waals surface area contributed by atoms with Gasteiger partial charge in [0.15, 0.2) is 0 Å². The number of hydrogen-bond donors (Lipinski definition) is 1. The minimum atomic E-state index is -1.30. The Morgan fingerprint density at radius 2 is 1.88 bits per heavy atom. The second kappa shape index (κ2) is 7.88. The van der Waals surface area contributed by atoms with E-state index in [2.05, 4.69) is 5.32 Å². The van der Waals surface area contributed by atoms with Gasteiger partial charge in [-0.3, -0.25) is 4.79 Å². The van der Waals surface area contributed by atoms with Crippen molar-refractivity contribution in [2.75, 3.05) is 7.11 Å². The summed E-state index contributed by atoms with van der Waals surface area (Å²) in [6, 6.07) is 6.66. The minimum Gasteiger partial charge on any atom is -0.545 e. The summed E-state index contributed by atoms with van der Waals surface area (Å²) in [6.45, 7) is 5.67. The molecule has 134 valence electrons. The highest BCUT2D eigenvalue weighted by Gasteiger charge is 2.20. The van der Waals surface area contributed by atoms with E-state index < -0.39 is 5.97 Å². The number of methoxy groups -OCH3 is 1. The number of nitrogens with one attached hydrogen (secondary N) is 1. The highest BCUT2D eigenvalue weighted by molar-refractivity contribution is 5.94. The average Bonchev–Trinajstić information content (AvgIpc) is 2.87. The summed E-state index contributed by atoms with van der Waals surface area (Å²) in [6.07, 6.45) is 0.585. The molecule has 25 heavy (non-hydrogen) atoms. The Bertz CT molecular complexity index is 759. The molecule has 0 fully saturated rings. The van der Waals surface area contributed by atoms with Crippen LogP contribution >= 0.6 is 0 Å². The van der Waals surface area contributed by atoms with Crippen molar-refractivity contribution in [3.8, 4) is 5.75 Å². The Morgan fingerprint density at radius 3 is 2.40 bits per heavy atom. The molecule has 1 heterocycles. The van der Waals surface area contributed by atoms with Gasteiger partial charge in [-0.25, -0.2) is 0 Å². The summed E-state index contributed by atoms with van der Waals surface area (Å²) in [5, 5.41) is 14.2. The zero-order chi connectivity index (χ0) is 18.6. The zero-order valence-electron chi connectivity index (χ0n) is 14.8. The number of carbonyl (C=O) groups is 2. The Balaban J connectivity index is 2.20. The molecule has 6 heteroatoms. The third kappa shape index (κ3) is 4.41. The third-order valence-corrected chi connectivity index (χ3v) is 3.84. The predicted octanol–water partition coefficient (Wildman–Crippen LogP) is 2.09. The molecule has 2 aromatic rings. The van der Waals surface area contributed by atoms with Gasteiger partial charge in [0.25, 0.3) is 5.91 Å². The maximum absolute atomic E-state index is 12.3. The van der Waals surface area contributed by atoms with Gasteiger partial charge in [0, 0.05) is 29.7 Å². The third-order valence-electron chi connectivity index (χ3n) is 3.84. The molecule has 1 aromatic carbocycles. The molecule has 1 aromatic heterocycles. The van der Waals surface area contributed by atoms with Gasteiger partial charge in [-0.15, -0.1) is 0 Å². The van der Waals surface area contributed by atoms with Crippen LogP contribution in [-0.4, -0.2) is 19.0 Å². The number of carboxylic acids is 1. The van der Waals surface area contributed by atoms with Crippen molar-refractivity contribution in [3.05, 3.63) is 52.5 Å². The van der Waals surface area contributed by atoms with Crippen LogP contribution in [0.1, 0.15) is 51.6 Å². The molecule has 0 saturated heterocycles. The lowest BCUT2D eigenvalue weighted by Crippen LogP contribution is -2.28. The number of ether oxygens (including phenoxy) is 1. The minimum absolute atomic E-state index is 0.0191. The molecule has 2 rings (SSSR count). The molecule has 0 bridgehead atoms. The maximum Gasteiger partial charge on any atom is 0.251 e. The van der Waals surface area contributed by atoms with E-state index in [-0.39, 0.29) is 23.9 Å². The van der Waals surface area contributed by atoms with Crippen LogP contribution < -0.4 is 15.2 Å². The van der Waals surface area contributed by atoms with E-state index in [1.54, 1.807) is 38.3 Å². The van der Waals surface area contributed by atoms with Gasteiger partial charge >= 0.3 is 0 Å². The first-order chi connectivity index (χ1) is 11.8.